The second-order valence-corrected chi connectivity index (χ2v) is 7.41. The Bertz CT molecular complexity index is 1110. The van der Waals surface area contributed by atoms with Gasteiger partial charge in [0.2, 0.25) is 0 Å². The van der Waals surface area contributed by atoms with Crippen molar-refractivity contribution in [2.45, 2.75) is 0 Å². The van der Waals surface area contributed by atoms with Crippen LogP contribution in [-0.4, -0.2) is 24.5 Å². The first-order valence-corrected chi connectivity index (χ1v) is 9.59. The monoisotopic (exact) mass is 492 g/mol. The Morgan fingerprint density at radius 3 is 2.55 bits per heavy atom. The van der Waals surface area contributed by atoms with Gasteiger partial charge < -0.3 is 4.74 Å². The summed E-state index contributed by atoms with van der Waals surface area (Å²) in [5, 5.41) is 2.57. The zero-order chi connectivity index (χ0) is 21.1. The fourth-order valence-electron chi connectivity index (χ4n) is 2.53. The number of ether oxygens (including phenoxy) is 1. The molecule has 0 aliphatic carbocycles. The molecule has 1 saturated heterocycles. The lowest BCUT2D eigenvalue weighted by atomic mass is 10.1. The summed E-state index contributed by atoms with van der Waals surface area (Å²) in [7, 11) is 0. The number of urea groups is 1. The number of carbonyl (C=O) groups excluding carboxylic acids is 3. The van der Waals surface area contributed by atoms with E-state index in [1.54, 1.807) is 18.2 Å². The van der Waals surface area contributed by atoms with Gasteiger partial charge in [-0.2, -0.15) is 0 Å². The highest BCUT2D eigenvalue weighted by Crippen LogP contribution is 2.30. The van der Waals surface area contributed by atoms with Crippen LogP contribution in [0.2, 0.25) is 10.0 Å². The van der Waals surface area contributed by atoms with Gasteiger partial charge >= 0.3 is 6.03 Å². The predicted molar refractivity (Wildman–Crippen MR) is 114 cm³/mol. The van der Waals surface area contributed by atoms with Crippen LogP contribution in [0, 0.1) is 12.3 Å². The summed E-state index contributed by atoms with van der Waals surface area (Å²) in [6, 6.07) is 8.32. The van der Waals surface area contributed by atoms with Gasteiger partial charge in [-0.25, -0.2) is 9.69 Å². The number of barbiturate groups is 1. The fraction of sp³-hybridized carbons (Fsp3) is 0.0500. The lowest BCUT2D eigenvalue weighted by Crippen LogP contribution is -2.54. The number of imide groups is 2. The van der Waals surface area contributed by atoms with Crippen molar-refractivity contribution in [3.8, 4) is 18.1 Å². The molecule has 2 aromatic rings. The summed E-state index contributed by atoms with van der Waals surface area (Å²) >= 11 is 15.2. The Labute approximate surface area is 184 Å². The van der Waals surface area contributed by atoms with Crippen LogP contribution in [0.3, 0.4) is 0 Å². The Morgan fingerprint density at radius 2 is 1.90 bits per heavy atom. The molecule has 9 heteroatoms. The average molecular weight is 494 g/mol. The van der Waals surface area contributed by atoms with Crippen molar-refractivity contribution in [1.29, 1.82) is 0 Å². The number of amides is 4. The maximum absolute atomic E-state index is 12.9. The lowest BCUT2D eigenvalue weighted by Gasteiger charge is -2.26. The topological polar surface area (TPSA) is 75.7 Å². The summed E-state index contributed by atoms with van der Waals surface area (Å²) < 4.78 is 5.94. The van der Waals surface area contributed by atoms with Crippen LogP contribution in [-0.2, 0) is 9.59 Å². The van der Waals surface area contributed by atoms with E-state index in [1.165, 1.54) is 24.3 Å². The van der Waals surface area contributed by atoms with Gasteiger partial charge in [-0.1, -0.05) is 35.2 Å². The molecule has 1 fully saturated rings. The molecule has 1 heterocycles. The van der Waals surface area contributed by atoms with Crippen molar-refractivity contribution in [2.75, 3.05) is 11.5 Å². The Hall–Kier alpha value is -2.79. The Balaban J connectivity index is 1.96. The first-order chi connectivity index (χ1) is 13.8. The van der Waals surface area contributed by atoms with Crippen molar-refractivity contribution in [1.82, 2.24) is 5.32 Å². The van der Waals surface area contributed by atoms with Crippen LogP contribution in [0.5, 0.6) is 5.75 Å². The molecule has 1 N–H and O–H groups in total. The fourth-order valence-corrected chi connectivity index (χ4v) is 3.33. The molecule has 6 nitrogen and oxygen atoms in total. The Kier molecular flexibility index (Phi) is 6.28. The molecule has 4 amide bonds. The van der Waals surface area contributed by atoms with E-state index < -0.39 is 17.8 Å². The molecule has 0 atom stereocenters. The minimum atomic E-state index is -0.880. The molecular formula is C20H11BrCl2N2O4. The van der Waals surface area contributed by atoms with E-state index >= 15 is 0 Å². The third kappa shape index (κ3) is 4.46. The number of carbonyl (C=O) groups is 3. The minimum Gasteiger partial charge on any atom is -0.480 e. The van der Waals surface area contributed by atoms with E-state index in [4.69, 9.17) is 34.4 Å². The van der Waals surface area contributed by atoms with Gasteiger partial charge in [-0.15, -0.1) is 6.42 Å². The minimum absolute atomic E-state index is 0.0979. The van der Waals surface area contributed by atoms with Gasteiger partial charge in [0, 0.05) is 0 Å². The summed E-state index contributed by atoms with van der Waals surface area (Å²) in [5.41, 5.74) is 0.492. The van der Waals surface area contributed by atoms with Crippen molar-refractivity contribution in [3.63, 3.8) is 0 Å². The first kappa shape index (κ1) is 20.9. The summed E-state index contributed by atoms with van der Waals surface area (Å²) in [6.07, 6.45) is 6.54. The lowest BCUT2D eigenvalue weighted by molar-refractivity contribution is -0.122. The van der Waals surface area contributed by atoms with Gasteiger partial charge in [0.15, 0.2) is 0 Å². The summed E-state index contributed by atoms with van der Waals surface area (Å²) in [6.45, 7) is 0.0979. The van der Waals surface area contributed by atoms with E-state index in [1.807, 2.05) is 0 Å². The summed E-state index contributed by atoms with van der Waals surface area (Å²) in [5.74, 6) is 1.27. The van der Waals surface area contributed by atoms with Crippen LogP contribution in [0.15, 0.2) is 46.4 Å². The van der Waals surface area contributed by atoms with Crippen molar-refractivity contribution in [3.05, 3.63) is 62.1 Å². The Morgan fingerprint density at radius 1 is 1.14 bits per heavy atom. The van der Waals surface area contributed by atoms with E-state index in [9.17, 15) is 14.4 Å². The van der Waals surface area contributed by atoms with Crippen LogP contribution >= 0.6 is 39.1 Å². The van der Waals surface area contributed by atoms with E-state index in [0.29, 0.717) is 15.8 Å². The van der Waals surface area contributed by atoms with E-state index in [0.717, 1.165) is 4.90 Å². The zero-order valence-corrected chi connectivity index (χ0v) is 17.6. The standard InChI is InChI=1S/C20H11BrCl2N2O4/c1-2-7-29-17-6-3-11(9-14(17)21)8-13-18(26)24-20(28)25(19(13)27)12-4-5-15(22)16(23)10-12/h1,3-6,8-10H,7H2,(H,24,26,28)/b13-8+. The SMILES string of the molecule is C#CCOc1ccc(/C=C2\C(=O)NC(=O)N(c3ccc(Cl)c(Cl)c3)C2=O)cc1Br. The molecule has 0 bridgehead atoms. The molecule has 1 aliphatic rings. The second-order valence-electron chi connectivity index (χ2n) is 5.74. The molecule has 0 unspecified atom stereocenters. The number of benzene rings is 2. The number of anilines is 1. The number of hydrogen-bond donors (Lipinski definition) is 1. The molecule has 1 aliphatic heterocycles. The van der Waals surface area contributed by atoms with Gasteiger partial charge in [0.05, 0.1) is 20.2 Å². The molecule has 146 valence electrons. The predicted octanol–water partition coefficient (Wildman–Crippen LogP) is 4.43. The highest BCUT2D eigenvalue weighted by molar-refractivity contribution is 9.10. The largest absolute Gasteiger partial charge is 0.480 e. The normalized spacial score (nSPS) is 15.3. The highest BCUT2D eigenvalue weighted by Gasteiger charge is 2.37. The molecule has 2 aromatic carbocycles. The number of hydrogen-bond acceptors (Lipinski definition) is 4. The average Bonchev–Trinajstić information content (AvgIpc) is 2.67. The van der Waals surface area contributed by atoms with Crippen molar-refractivity contribution >= 4 is 68.7 Å². The van der Waals surface area contributed by atoms with Gasteiger partial charge in [-0.05, 0) is 57.9 Å². The number of nitrogens with zero attached hydrogens (tertiary/aromatic N) is 1. The van der Waals surface area contributed by atoms with Crippen molar-refractivity contribution < 1.29 is 19.1 Å². The van der Waals surface area contributed by atoms with Gasteiger partial charge in [0.25, 0.3) is 11.8 Å². The zero-order valence-electron chi connectivity index (χ0n) is 14.5. The van der Waals surface area contributed by atoms with Crippen LogP contribution < -0.4 is 15.0 Å². The quantitative estimate of drug-likeness (QED) is 0.388. The summed E-state index contributed by atoms with van der Waals surface area (Å²) in [4.78, 5) is 38.2. The molecule has 3 rings (SSSR count). The van der Waals surface area contributed by atoms with Gasteiger partial charge in [-0.3, -0.25) is 14.9 Å². The second kappa shape index (κ2) is 8.70. The van der Waals surface area contributed by atoms with Crippen molar-refractivity contribution in [2.24, 2.45) is 0 Å². The molecule has 0 radical (unpaired) electrons. The number of halogens is 3. The third-order valence-corrected chi connectivity index (χ3v) is 5.20. The van der Waals surface area contributed by atoms with Crippen LogP contribution in [0.25, 0.3) is 6.08 Å². The molecule has 0 aromatic heterocycles. The molecule has 0 spiro atoms. The number of rotatable bonds is 4. The molecular weight excluding hydrogens is 483 g/mol. The number of nitrogens with one attached hydrogen (secondary N) is 1. The number of terminal acetylenes is 1. The van der Waals surface area contributed by atoms with Crippen LogP contribution in [0.1, 0.15) is 5.56 Å². The van der Waals surface area contributed by atoms with E-state index in [-0.39, 0.29) is 27.9 Å². The molecule has 29 heavy (non-hydrogen) atoms. The van der Waals surface area contributed by atoms with Crippen LogP contribution in [0.4, 0.5) is 10.5 Å². The smallest absolute Gasteiger partial charge is 0.335 e. The van der Waals surface area contributed by atoms with Gasteiger partial charge in [0.1, 0.15) is 17.9 Å². The third-order valence-electron chi connectivity index (χ3n) is 3.84. The maximum Gasteiger partial charge on any atom is 0.335 e. The maximum atomic E-state index is 12.9. The first-order valence-electron chi connectivity index (χ1n) is 8.04. The van der Waals surface area contributed by atoms with E-state index in [2.05, 4.69) is 27.2 Å². The highest BCUT2D eigenvalue weighted by atomic mass is 79.9. The molecule has 0 saturated carbocycles.